The van der Waals surface area contributed by atoms with Gasteiger partial charge in [-0.15, -0.1) is 0 Å². The van der Waals surface area contributed by atoms with Gasteiger partial charge in [-0.05, 0) is 76.7 Å². The van der Waals surface area contributed by atoms with E-state index >= 15 is 0 Å². The molecule has 2 N–H and O–H groups in total. The van der Waals surface area contributed by atoms with Gasteiger partial charge in [-0.3, -0.25) is 9.59 Å². The van der Waals surface area contributed by atoms with E-state index in [0.29, 0.717) is 5.75 Å². The fraction of sp³-hybridized carbons (Fsp3) is 0.0500. The fourth-order valence-corrected chi connectivity index (χ4v) is 2.70. The molecule has 8 heteroatoms. The molecular weight excluding hydrogens is 473 g/mol. The molecule has 0 aliphatic carbocycles. The van der Waals surface area contributed by atoms with Crippen molar-refractivity contribution in [3.8, 4) is 5.75 Å². The molecule has 28 heavy (non-hydrogen) atoms. The van der Waals surface area contributed by atoms with Crippen LogP contribution in [-0.4, -0.2) is 24.6 Å². The number of nitrogens with zero attached hydrogens (tertiary/aromatic N) is 1. The highest BCUT2D eigenvalue weighted by Crippen LogP contribution is 2.17. The van der Waals surface area contributed by atoms with Crippen LogP contribution >= 0.6 is 22.6 Å². The van der Waals surface area contributed by atoms with Crippen LogP contribution in [0.4, 0.5) is 5.69 Å². The number of nitrogens with one attached hydrogen (secondary N) is 2. The van der Waals surface area contributed by atoms with Crippen molar-refractivity contribution >= 4 is 46.3 Å². The summed E-state index contributed by atoms with van der Waals surface area (Å²) in [4.78, 5) is 23.7. The van der Waals surface area contributed by atoms with E-state index in [1.54, 1.807) is 36.4 Å². The second kappa shape index (κ2) is 9.70. The first-order valence-electron chi connectivity index (χ1n) is 8.26. The molecule has 1 aromatic heterocycles. The standard InChI is InChI=1S/C20H16IN3O4/c21-16-4-1-2-5-17(16)23-19(25)13-28-15-9-7-14(8-10-15)12-22-24-20(26)18-6-3-11-27-18/h1-12H,13H2,(H,23,25)(H,24,26)/b22-12-. The maximum Gasteiger partial charge on any atom is 0.307 e. The first-order valence-corrected chi connectivity index (χ1v) is 9.34. The van der Waals surface area contributed by atoms with Crippen LogP contribution in [0.5, 0.6) is 5.75 Å². The largest absolute Gasteiger partial charge is 0.484 e. The van der Waals surface area contributed by atoms with Gasteiger partial charge in [0.1, 0.15) is 5.75 Å². The Balaban J connectivity index is 1.46. The Morgan fingerprint density at radius 2 is 1.86 bits per heavy atom. The number of amides is 2. The van der Waals surface area contributed by atoms with Crippen molar-refractivity contribution in [2.24, 2.45) is 5.10 Å². The van der Waals surface area contributed by atoms with Gasteiger partial charge in [0, 0.05) is 3.57 Å². The van der Waals surface area contributed by atoms with Crippen LogP contribution in [0.1, 0.15) is 16.1 Å². The molecule has 3 aromatic rings. The number of hydrogen-bond donors (Lipinski definition) is 2. The van der Waals surface area contributed by atoms with Crippen LogP contribution < -0.4 is 15.5 Å². The average Bonchev–Trinajstić information content (AvgIpc) is 3.24. The number of anilines is 1. The summed E-state index contributed by atoms with van der Waals surface area (Å²) in [5, 5.41) is 6.67. The highest BCUT2D eigenvalue weighted by atomic mass is 127. The minimum atomic E-state index is -0.430. The van der Waals surface area contributed by atoms with Gasteiger partial charge >= 0.3 is 5.91 Å². The third kappa shape index (κ3) is 5.68. The molecule has 0 atom stereocenters. The first kappa shape index (κ1) is 19.6. The summed E-state index contributed by atoms with van der Waals surface area (Å²) >= 11 is 2.16. The molecular formula is C20H16IN3O4. The van der Waals surface area contributed by atoms with Gasteiger partial charge in [0.25, 0.3) is 5.91 Å². The SMILES string of the molecule is O=C(COc1ccc(/C=N\NC(=O)c2ccco2)cc1)Nc1ccccc1I. The van der Waals surface area contributed by atoms with Gasteiger partial charge in [-0.2, -0.15) is 5.10 Å². The van der Waals surface area contributed by atoms with Gasteiger partial charge in [-0.25, -0.2) is 5.43 Å². The van der Waals surface area contributed by atoms with Crippen molar-refractivity contribution < 1.29 is 18.7 Å². The second-order valence-electron chi connectivity index (χ2n) is 5.56. The Morgan fingerprint density at radius 3 is 2.57 bits per heavy atom. The van der Waals surface area contributed by atoms with Crippen molar-refractivity contribution in [1.29, 1.82) is 0 Å². The number of carbonyl (C=O) groups is 2. The summed E-state index contributed by atoms with van der Waals surface area (Å²) in [7, 11) is 0. The van der Waals surface area contributed by atoms with Crippen LogP contribution in [0.3, 0.4) is 0 Å². The van der Waals surface area contributed by atoms with E-state index in [2.05, 4.69) is 38.4 Å². The molecule has 0 aliphatic heterocycles. The van der Waals surface area contributed by atoms with Gasteiger partial charge in [0.15, 0.2) is 12.4 Å². The Morgan fingerprint density at radius 1 is 1.07 bits per heavy atom. The number of halogens is 1. The lowest BCUT2D eigenvalue weighted by atomic mass is 10.2. The third-order valence-corrected chi connectivity index (χ3v) is 4.46. The zero-order chi connectivity index (χ0) is 19.8. The Kier molecular flexibility index (Phi) is 6.79. The van der Waals surface area contributed by atoms with Crippen LogP contribution in [0, 0.1) is 3.57 Å². The minimum absolute atomic E-state index is 0.0996. The van der Waals surface area contributed by atoms with Crippen molar-refractivity contribution in [2.45, 2.75) is 0 Å². The van der Waals surface area contributed by atoms with E-state index in [9.17, 15) is 9.59 Å². The predicted molar refractivity (Wildman–Crippen MR) is 113 cm³/mol. The molecule has 0 unspecified atom stereocenters. The molecule has 0 saturated heterocycles. The van der Waals surface area contributed by atoms with Crippen LogP contribution in [0.2, 0.25) is 0 Å². The normalized spacial score (nSPS) is 10.6. The zero-order valence-electron chi connectivity index (χ0n) is 14.6. The molecule has 142 valence electrons. The first-order chi connectivity index (χ1) is 13.6. The number of hydrazone groups is 1. The summed E-state index contributed by atoms with van der Waals surface area (Å²) in [6.07, 6.45) is 2.91. The zero-order valence-corrected chi connectivity index (χ0v) is 16.8. The molecule has 0 saturated carbocycles. The molecule has 0 spiro atoms. The summed E-state index contributed by atoms with van der Waals surface area (Å²) in [6, 6.07) is 17.6. The quantitative estimate of drug-likeness (QED) is 0.301. The molecule has 0 radical (unpaired) electrons. The van der Waals surface area contributed by atoms with Crippen molar-refractivity contribution in [3.63, 3.8) is 0 Å². The lowest BCUT2D eigenvalue weighted by molar-refractivity contribution is -0.118. The summed E-state index contributed by atoms with van der Waals surface area (Å²) in [5.74, 6) is 0.0646. The number of rotatable bonds is 7. The Bertz CT molecular complexity index is 969. The van der Waals surface area contributed by atoms with E-state index in [1.807, 2.05) is 24.3 Å². The molecule has 0 fully saturated rings. The lowest BCUT2D eigenvalue weighted by Crippen LogP contribution is -2.20. The Labute approximate surface area is 174 Å². The molecule has 7 nitrogen and oxygen atoms in total. The van der Waals surface area contributed by atoms with Crippen LogP contribution in [0.25, 0.3) is 0 Å². The second-order valence-corrected chi connectivity index (χ2v) is 6.72. The van der Waals surface area contributed by atoms with E-state index in [1.165, 1.54) is 12.5 Å². The monoisotopic (exact) mass is 489 g/mol. The number of para-hydroxylation sites is 1. The summed E-state index contributed by atoms with van der Waals surface area (Å²) in [6.45, 7) is -0.0996. The molecule has 3 rings (SSSR count). The molecule has 0 bridgehead atoms. The van der Waals surface area contributed by atoms with Crippen molar-refractivity contribution in [1.82, 2.24) is 5.43 Å². The van der Waals surface area contributed by atoms with Gasteiger partial charge in [-0.1, -0.05) is 12.1 Å². The maximum atomic E-state index is 12.0. The summed E-state index contributed by atoms with van der Waals surface area (Å²) < 4.78 is 11.4. The number of hydrogen-bond acceptors (Lipinski definition) is 5. The van der Waals surface area contributed by atoms with E-state index < -0.39 is 5.91 Å². The highest BCUT2D eigenvalue weighted by Gasteiger charge is 2.07. The minimum Gasteiger partial charge on any atom is -0.484 e. The number of furan rings is 1. The number of carbonyl (C=O) groups excluding carboxylic acids is 2. The van der Waals surface area contributed by atoms with Crippen LogP contribution in [-0.2, 0) is 4.79 Å². The van der Waals surface area contributed by atoms with E-state index in [-0.39, 0.29) is 18.3 Å². The predicted octanol–water partition coefficient (Wildman–Crippen LogP) is 3.67. The van der Waals surface area contributed by atoms with E-state index in [0.717, 1.165) is 14.8 Å². The number of ether oxygens (including phenoxy) is 1. The summed E-state index contributed by atoms with van der Waals surface area (Å²) in [5.41, 5.74) is 3.88. The van der Waals surface area contributed by atoms with Gasteiger partial charge in [0.2, 0.25) is 0 Å². The van der Waals surface area contributed by atoms with Crippen LogP contribution in [0.15, 0.2) is 76.4 Å². The molecule has 2 amide bonds. The molecule has 0 aliphatic rings. The Hall–Kier alpha value is -3.14. The smallest absolute Gasteiger partial charge is 0.307 e. The number of benzene rings is 2. The van der Waals surface area contributed by atoms with Gasteiger partial charge in [0.05, 0.1) is 18.2 Å². The van der Waals surface area contributed by atoms with Crippen molar-refractivity contribution in [3.05, 3.63) is 81.8 Å². The highest BCUT2D eigenvalue weighted by molar-refractivity contribution is 14.1. The average molecular weight is 489 g/mol. The fourth-order valence-electron chi connectivity index (χ4n) is 2.18. The van der Waals surface area contributed by atoms with Crippen molar-refractivity contribution in [2.75, 3.05) is 11.9 Å². The lowest BCUT2D eigenvalue weighted by Gasteiger charge is -2.09. The van der Waals surface area contributed by atoms with E-state index in [4.69, 9.17) is 9.15 Å². The third-order valence-electron chi connectivity index (χ3n) is 3.52. The molecule has 2 aromatic carbocycles. The maximum absolute atomic E-state index is 12.0. The van der Waals surface area contributed by atoms with Gasteiger partial charge < -0.3 is 14.5 Å². The topological polar surface area (TPSA) is 92.9 Å². The molecule has 1 heterocycles.